The minimum atomic E-state index is -0.588. The Morgan fingerprint density at radius 1 is 1.00 bits per heavy atom. The lowest BCUT2D eigenvalue weighted by Gasteiger charge is -2.12. The normalized spacial score (nSPS) is 10.5. The molecule has 0 amide bonds. The molecule has 0 unspecified atom stereocenters. The maximum absolute atomic E-state index is 13.9. The average molecular weight is 480 g/mol. The van der Waals surface area contributed by atoms with Gasteiger partial charge in [0.05, 0.1) is 12.7 Å². The van der Waals surface area contributed by atoms with Crippen LogP contribution >= 0.6 is 27.5 Å². The van der Waals surface area contributed by atoms with Gasteiger partial charge in [0.25, 0.3) is 0 Å². The number of carbonyl (C=O) groups is 1. The molecule has 0 aliphatic carbocycles. The van der Waals surface area contributed by atoms with Gasteiger partial charge in [0, 0.05) is 15.1 Å². The van der Waals surface area contributed by atoms with Crippen LogP contribution in [-0.4, -0.2) is 13.1 Å². The van der Waals surface area contributed by atoms with Gasteiger partial charge in [-0.25, -0.2) is 9.18 Å². The zero-order valence-corrected chi connectivity index (χ0v) is 17.8. The van der Waals surface area contributed by atoms with E-state index in [2.05, 4.69) is 15.9 Å². The molecular formula is C22H17BrClFO4. The highest BCUT2D eigenvalue weighted by molar-refractivity contribution is 9.10. The average Bonchev–Trinajstić information content (AvgIpc) is 2.72. The molecule has 7 heteroatoms. The Balaban J connectivity index is 1.65. The first-order chi connectivity index (χ1) is 14.0. The highest BCUT2D eigenvalue weighted by atomic mass is 79.9. The van der Waals surface area contributed by atoms with Gasteiger partial charge in [0.1, 0.15) is 19.0 Å². The molecule has 150 valence electrons. The Bertz CT molecular complexity index is 1010. The van der Waals surface area contributed by atoms with Gasteiger partial charge >= 0.3 is 5.97 Å². The number of carbonyl (C=O) groups excluding carboxylic acids is 1. The van der Waals surface area contributed by atoms with Crippen molar-refractivity contribution in [2.75, 3.05) is 7.11 Å². The Hall–Kier alpha value is -2.57. The molecule has 0 saturated heterocycles. The number of hydrogen-bond acceptors (Lipinski definition) is 4. The molecule has 0 atom stereocenters. The fraction of sp³-hybridized carbons (Fsp3) is 0.136. The van der Waals surface area contributed by atoms with Gasteiger partial charge < -0.3 is 14.2 Å². The van der Waals surface area contributed by atoms with E-state index < -0.39 is 11.8 Å². The molecule has 0 radical (unpaired) electrons. The molecule has 4 nitrogen and oxygen atoms in total. The molecule has 0 saturated carbocycles. The number of methoxy groups -OCH3 is 1. The lowest BCUT2D eigenvalue weighted by Crippen LogP contribution is -2.07. The summed E-state index contributed by atoms with van der Waals surface area (Å²) in [6.45, 7) is 0.148. The summed E-state index contributed by atoms with van der Waals surface area (Å²) < 4.78 is 30.8. The van der Waals surface area contributed by atoms with Crippen molar-refractivity contribution in [1.29, 1.82) is 0 Å². The predicted molar refractivity (Wildman–Crippen MR) is 112 cm³/mol. The van der Waals surface area contributed by atoms with E-state index in [4.69, 9.17) is 25.8 Å². The lowest BCUT2D eigenvalue weighted by atomic mass is 10.2. The maximum Gasteiger partial charge on any atom is 0.338 e. The summed E-state index contributed by atoms with van der Waals surface area (Å²) in [5.41, 5.74) is 1.51. The standard InChI is InChI=1S/C22H17BrClFO4/c1-27-21-10-15(22(26)29-13-16-4-6-17(23)11-19(16)25)5-9-20(21)28-12-14-2-7-18(24)8-3-14/h2-11H,12-13H2,1H3. The third-order valence-electron chi connectivity index (χ3n) is 4.08. The number of esters is 1. The van der Waals surface area contributed by atoms with Crippen molar-refractivity contribution in [2.45, 2.75) is 13.2 Å². The Morgan fingerprint density at radius 2 is 1.76 bits per heavy atom. The van der Waals surface area contributed by atoms with E-state index in [0.717, 1.165) is 5.56 Å². The molecule has 29 heavy (non-hydrogen) atoms. The van der Waals surface area contributed by atoms with Gasteiger partial charge in [-0.2, -0.15) is 0 Å². The molecule has 0 N–H and O–H groups in total. The summed E-state index contributed by atoms with van der Waals surface area (Å²) in [5.74, 6) is -0.160. The summed E-state index contributed by atoms with van der Waals surface area (Å²) in [5, 5.41) is 0.650. The van der Waals surface area contributed by atoms with E-state index in [1.165, 1.54) is 19.2 Å². The first kappa shape index (κ1) is 21.1. The maximum atomic E-state index is 13.9. The summed E-state index contributed by atoms with van der Waals surface area (Å²) in [4.78, 5) is 12.3. The Kier molecular flexibility index (Phi) is 7.12. The minimum Gasteiger partial charge on any atom is -0.493 e. The number of rotatable bonds is 7. The minimum absolute atomic E-state index is 0.172. The molecular weight excluding hydrogens is 463 g/mol. The molecule has 0 aromatic heterocycles. The van der Waals surface area contributed by atoms with Crippen molar-refractivity contribution in [3.63, 3.8) is 0 Å². The molecule has 3 rings (SSSR count). The summed E-state index contributed by atoms with van der Waals surface area (Å²) >= 11 is 9.06. The molecule has 0 spiro atoms. The van der Waals surface area contributed by atoms with E-state index >= 15 is 0 Å². The smallest absolute Gasteiger partial charge is 0.338 e. The predicted octanol–water partition coefficient (Wildman–Crippen LogP) is 6.19. The second kappa shape index (κ2) is 9.76. The van der Waals surface area contributed by atoms with Crippen molar-refractivity contribution in [3.05, 3.63) is 92.7 Å². The number of hydrogen-bond donors (Lipinski definition) is 0. The molecule has 0 bridgehead atoms. The molecule has 3 aromatic rings. The SMILES string of the molecule is COc1cc(C(=O)OCc2ccc(Br)cc2F)ccc1OCc1ccc(Cl)cc1. The molecule has 0 aliphatic heterocycles. The molecule has 0 heterocycles. The van der Waals surface area contributed by atoms with Crippen molar-refractivity contribution in [2.24, 2.45) is 0 Å². The van der Waals surface area contributed by atoms with Gasteiger partial charge in [0.2, 0.25) is 0 Å². The van der Waals surface area contributed by atoms with Crippen molar-refractivity contribution < 1.29 is 23.4 Å². The topological polar surface area (TPSA) is 44.8 Å². The van der Waals surface area contributed by atoms with E-state index in [0.29, 0.717) is 27.6 Å². The van der Waals surface area contributed by atoms with Crippen LogP contribution in [0.5, 0.6) is 11.5 Å². The van der Waals surface area contributed by atoms with Gasteiger partial charge in [-0.3, -0.25) is 0 Å². The van der Waals surface area contributed by atoms with Crippen LogP contribution in [0.1, 0.15) is 21.5 Å². The molecule has 0 aliphatic rings. The highest BCUT2D eigenvalue weighted by Gasteiger charge is 2.14. The Labute approximate surface area is 181 Å². The van der Waals surface area contributed by atoms with Crippen LogP contribution in [0.15, 0.2) is 65.1 Å². The Morgan fingerprint density at radius 3 is 2.45 bits per heavy atom. The monoisotopic (exact) mass is 478 g/mol. The number of halogens is 3. The first-order valence-corrected chi connectivity index (χ1v) is 9.79. The zero-order chi connectivity index (χ0) is 20.8. The van der Waals surface area contributed by atoms with E-state index in [1.54, 1.807) is 36.4 Å². The van der Waals surface area contributed by atoms with E-state index in [9.17, 15) is 9.18 Å². The van der Waals surface area contributed by atoms with Crippen LogP contribution < -0.4 is 9.47 Å². The summed E-state index contributed by atoms with van der Waals surface area (Å²) in [6.07, 6.45) is 0. The number of benzene rings is 3. The third kappa shape index (κ3) is 5.71. The third-order valence-corrected chi connectivity index (χ3v) is 4.83. The first-order valence-electron chi connectivity index (χ1n) is 8.62. The van der Waals surface area contributed by atoms with Gasteiger partial charge in [-0.05, 0) is 48.0 Å². The van der Waals surface area contributed by atoms with Crippen molar-refractivity contribution in [1.82, 2.24) is 0 Å². The van der Waals surface area contributed by atoms with Gasteiger partial charge in [0.15, 0.2) is 11.5 Å². The highest BCUT2D eigenvalue weighted by Crippen LogP contribution is 2.29. The summed E-state index contributed by atoms with van der Waals surface area (Å²) in [7, 11) is 1.48. The fourth-order valence-electron chi connectivity index (χ4n) is 2.52. The lowest BCUT2D eigenvalue weighted by molar-refractivity contribution is 0.0468. The van der Waals surface area contributed by atoms with Crippen LogP contribution in [-0.2, 0) is 18.0 Å². The fourth-order valence-corrected chi connectivity index (χ4v) is 2.98. The van der Waals surface area contributed by atoms with Crippen LogP contribution in [0.25, 0.3) is 0 Å². The van der Waals surface area contributed by atoms with E-state index in [1.807, 2.05) is 12.1 Å². The zero-order valence-electron chi connectivity index (χ0n) is 15.5. The largest absolute Gasteiger partial charge is 0.493 e. The number of ether oxygens (including phenoxy) is 3. The van der Waals surface area contributed by atoms with Crippen LogP contribution in [0.4, 0.5) is 4.39 Å². The molecule has 3 aromatic carbocycles. The second-order valence-electron chi connectivity index (χ2n) is 6.09. The van der Waals surface area contributed by atoms with Gasteiger partial charge in [-0.15, -0.1) is 0 Å². The molecule has 0 fully saturated rings. The van der Waals surface area contributed by atoms with E-state index in [-0.39, 0.29) is 17.7 Å². The van der Waals surface area contributed by atoms with Crippen LogP contribution in [0.2, 0.25) is 5.02 Å². The van der Waals surface area contributed by atoms with Gasteiger partial charge in [-0.1, -0.05) is 45.7 Å². The van der Waals surface area contributed by atoms with Crippen molar-refractivity contribution >= 4 is 33.5 Å². The van der Waals surface area contributed by atoms with Crippen LogP contribution in [0.3, 0.4) is 0 Å². The van der Waals surface area contributed by atoms with Crippen molar-refractivity contribution in [3.8, 4) is 11.5 Å². The van der Waals surface area contributed by atoms with Crippen LogP contribution in [0, 0.1) is 5.82 Å². The summed E-state index contributed by atoms with van der Waals surface area (Å²) in [6, 6.07) is 16.6. The quantitative estimate of drug-likeness (QED) is 0.379. The second-order valence-corrected chi connectivity index (χ2v) is 7.44.